The Bertz CT molecular complexity index is 656. The molecule has 0 saturated carbocycles. The van der Waals surface area contributed by atoms with Crippen LogP contribution >= 0.6 is 0 Å². The SMILES string of the molecule is Cc1cc(S(N)(=O)=O)cc(C(=O)NCCC(F)(F)F)c1F. The lowest BCUT2D eigenvalue weighted by molar-refractivity contribution is -0.132. The maximum atomic E-state index is 13.8. The number of sulfonamides is 1. The van der Waals surface area contributed by atoms with Gasteiger partial charge in [0.15, 0.2) is 0 Å². The van der Waals surface area contributed by atoms with Crippen molar-refractivity contribution in [1.82, 2.24) is 5.32 Å². The highest BCUT2D eigenvalue weighted by molar-refractivity contribution is 7.89. The minimum Gasteiger partial charge on any atom is -0.352 e. The molecule has 1 amide bonds. The van der Waals surface area contributed by atoms with E-state index in [1.807, 2.05) is 5.32 Å². The molecule has 0 heterocycles. The smallest absolute Gasteiger partial charge is 0.352 e. The first-order valence-electron chi connectivity index (χ1n) is 5.60. The van der Waals surface area contributed by atoms with Crippen LogP contribution in [0.3, 0.4) is 0 Å². The second-order valence-electron chi connectivity index (χ2n) is 4.27. The molecule has 0 aliphatic carbocycles. The van der Waals surface area contributed by atoms with Gasteiger partial charge in [-0.1, -0.05) is 0 Å². The predicted octanol–water partition coefficient (Wildman–Crippen LogP) is 1.46. The van der Waals surface area contributed by atoms with Crippen LogP contribution in [0.1, 0.15) is 22.3 Å². The van der Waals surface area contributed by atoms with Gasteiger partial charge in [-0.15, -0.1) is 0 Å². The Morgan fingerprint density at radius 1 is 1.33 bits per heavy atom. The van der Waals surface area contributed by atoms with Crippen molar-refractivity contribution in [2.45, 2.75) is 24.4 Å². The molecule has 0 fully saturated rings. The van der Waals surface area contributed by atoms with Gasteiger partial charge in [-0.25, -0.2) is 17.9 Å². The molecule has 0 saturated heterocycles. The van der Waals surface area contributed by atoms with Crippen molar-refractivity contribution in [2.24, 2.45) is 5.14 Å². The average molecular weight is 328 g/mol. The summed E-state index contributed by atoms with van der Waals surface area (Å²) in [7, 11) is -4.17. The van der Waals surface area contributed by atoms with Gasteiger partial charge in [0, 0.05) is 6.54 Å². The van der Waals surface area contributed by atoms with E-state index in [-0.39, 0.29) is 5.56 Å². The summed E-state index contributed by atoms with van der Waals surface area (Å²) in [6.45, 7) is 0.455. The quantitative estimate of drug-likeness (QED) is 0.820. The number of carbonyl (C=O) groups is 1. The zero-order valence-electron chi connectivity index (χ0n) is 10.8. The van der Waals surface area contributed by atoms with Gasteiger partial charge < -0.3 is 5.32 Å². The number of benzene rings is 1. The third-order valence-electron chi connectivity index (χ3n) is 2.50. The molecule has 0 spiro atoms. The molecule has 1 rings (SSSR count). The molecule has 0 unspecified atom stereocenters. The highest BCUT2D eigenvalue weighted by Gasteiger charge is 2.27. The van der Waals surface area contributed by atoms with Gasteiger partial charge in [-0.2, -0.15) is 13.2 Å². The van der Waals surface area contributed by atoms with Crippen LogP contribution in [0.25, 0.3) is 0 Å². The van der Waals surface area contributed by atoms with Crippen molar-refractivity contribution >= 4 is 15.9 Å². The lowest BCUT2D eigenvalue weighted by Crippen LogP contribution is -2.29. The van der Waals surface area contributed by atoms with E-state index in [0.29, 0.717) is 6.07 Å². The Balaban J connectivity index is 3.02. The summed E-state index contributed by atoms with van der Waals surface area (Å²) in [4.78, 5) is 11.1. The van der Waals surface area contributed by atoms with Gasteiger partial charge in [-0.3, -0.25) is 4.79 Å². The fraction of sp³-hybridized carbons (Fsp3) is 0.364. The number of halogens is 4. The van der Waals surface area contributed by atoms with Gasteiger partial charge in [0.1, 0.15) is 5.82 Å². The van der Waals surface area contributed by atoms with Crippen LogP contribution in [0.5, 0.6) is 0 Å². The van der Waals surface area contributed by atoms with Crippen molar-refractivity contribution in [3.63, 3.8) is 0 Å². The van der Waals surface area contributed by atoms with Crippen LogP contribution in [0.15, 0.2) is 17.0 Å². The molecule has 5 nitrogen and oxygen atoms in total. The summed E-state index contributed by atoms with van der Waals surface area (Å²) >= 11 is 0. The lowest BCUT2D eigenvalue weighted by atomic mass is 10.1. The van der Waals surface area contributed by atoms with Crippen LogP contribution in [0.2, 0.25) is 0 Å². The first kappa shape index (κ1) is 17.4. The van der Waals surface area contributed by atoms with Crippen molar-refractivity contribution in [1.29, 1.82) is 0 Å². The second kappa shape index (κ2) is 5.98. The maximum Gasteiger partial charge on any atom is 0.390 e. The van der Waals surface area contributed by atoms with E-state index in [4.69, 9.17) is 5.14 Å². The Kier molecular flexibility index (Phi) is 4.95. The van der Waals surface area contributed by atoms with Crippen LogP contribution in [0.4, 0.5) is 17.6 Å². The number of primary sulfonamides is 1. The van der Waals surface area contributed by atoms with E-state index in [1.165, 1.54) is 6.92 Å². The number of alkyl halides is 3. The number of rotatable bonds is 4. The average Bonchev–Trinajstić information content (AvgIpc) is 2.29. The number of hydrogen-bond acceptors (Lipinski definition) is 3. The van der Waals surface area contributed by atoms with Gasteiger partial charge in [0.05, 0.1) is 16.9 Å². The molecule has 1 aromatic carbocycles. The van der Waals surface area contributed by atoms with E-state index in [9.17, 15) is 30.8 Å². The number of carbonyl (C=O) groups excluding carboxylic acids is 1. The van der Waals surface area contributed by atoms with Gasteiger partial charge in [-0.05, 0) is 24.6 Å². The fourth-order valence-electron chi connectivity index (χ4n) is 1.48. The Morgan fingerprint density at radius 3 is 2.38 bits per heavy atom. The molecular formula is C11H12F4N2O3S. The summed E-state index contributed by atoms with van der Waals surface area (Å²) < 4.78 is 72.0. The number of amides is 1. The van der Waals surface area contributed by atoms with Crippen molar-refractivity contribution in [3.05, 3.63) is 29.1 Å². The predicted molar refractivity (Wildman–Crippen MR) is 65.5 cm³/mol. The topological polar surface area (TPSA) is 89.3 Å². The van der Waals surface area contributed by atoms with Crippen LogP contribution < -0.4 is 10.5 Å². The third kappa shape index (κ3) is 4.97. The summed E-state index contributed by atoms with van der Waals surface area (Å²) in [5.74, 6) is -2.17. The maximum absolute atomic E-state index is 13.8. The highest BCUT2D eigenvalue weighted by Crippen LogP contribution is 2.20. The summed E-state index contributed by atoms with van der Waals surface area (Å²) in [5, 5.41) is 6.74. The standard InChI is InChI=1S/C11H12F4N2O3S/c1-6-4-7(21(16,19)20)5-8(9(6)12)10(18)17-3-2-11(13,14)15/h4-5H,2-3H2,1H3,(H,17,18)(H2,16,19,20). The summed E-state index contributed by atoms with van der Waals surface area (Å²) in [6.07, 6.45) is -5.75. The van der Waals surface area contributed by atoms with Crippen LogP contribution in [-0.2, 0) is 10.0 Å². The molecule has 10 heteroatoms. The zero-order valence-corrected chi connectivity index (χ0v) is 11.6. The second-order valence-corrected chi connectivity index (χ2v) is 5.83. The van der Waals surface area contributed by atoms with E-state index in [2.05, 4.69) is 0 Å². The lowest BCUT2D eigenvalue weighted by Gasteiger charge is -2.10. The molecular weight excluding hydrogens is 316 g/mol. The monoisotopic (exact) mass is 328 g/mol. The fourth-order valence-corrected chi connectivity index (χ4v) is 2.10. The van der Waals surface area contributed by atoms with Gasteiger partial charge in [0.25, 0.3) is 5.91 Å². The van der Waals surface area contributed by atoms with Crippen molar-refractivity contribution in [3.8, 4) is 0 Å². The van der Waals surface area contributed by atoms with Crippen LogP contribution in [-0.4, -0.2) is 27.0 Å². The van der Waals surface area contributed by atoms with E-state index < -0.39 is 51.3 Å². The van der Waals surface area contributed by atoms with E-state index >= 15 is 0 Å². The minimum absolute atomic E-state index is 0.164. The van der Waals surface area contributed by atoms with Crippen molar-refractivity contribution in [2.75, 3.05) is 6.54 Å². The molecule has 0 atom stereocenters. The van der Waals surface area contributed by atoms with Crippen LogP contribution in [0, 0.1) is 12.7 Å². The number of nitrogens with one attached hydrogen (secondary N) is 1. The zero-order chi connectivity index (χ0) is 16.4. The molecule has 0 aliphatic heterocycles. The Hall–Kier alpha value is -1.68. The molecule has 0 aromatic heterocycles. The molecule has 1 aromatic rings. The van der Waals surface area contributed by atoms with Gasteiger partial charge >= 0.3 is 6.18 Å². The molecule has 0 bridgehead atoms. The summed E-state index contributed by atoms with van der Waals surface area (Å²) in [5.41, 5.74) is -0.844. The molecule has 0 aliphatic rings. The molecule has 3 N–H and O–H groups in total. The first-order valence-corrected chi connectivity index (χ1v) is 7.14. The summed E-state index contributed by atoms with van der Waals surface area (Å²) in [6, 6.07) is 1.61. The van der Waals surface area contributed by atoms with E-state index in [0.717, 1.165) is 6.07 Å². The molecule has 118 valence electrons. The van der Waals surface area contributed by atoms with Gasteiger partial charge in [0.2, 0.25) is 10.0 Å². The van der Waals surface area contributed by atoms with E-state index in [1.54, 1.807) is 0 Å². The Morgan fingerprint density at radius 2 is 1.90 bits per heavy atom. The van der Waals surface area contributed by atoms with Crippen molar-refractivity contribution < 1.29 is 30.8 Å². The third-order valence-corrected chi connectivity index (χ3v) is 3.39. The molecule has 0 radical (unpaired) electrons. The number of aryl methyl sites for hydroxylation is 1. The largest absolute Gasteiger partial charge is 0.390 e. The molecule has 21 heavy (non-hydrogen) atoms. The highest BCUT2D eigenvalue weighted by atomic mass is 32.2. The minimum atomic E-state index is -4.47. The number of nitrogens with two attached hydrogens (primary N) is 1. The Labute approximate surface area is 118 Å². The first-order chi connectivity index (χ1) is 9.42. The number of hydrogen-bond donors (Lipinski definition) is 2. The normalized spacial score (nSPS) is 12.3.